The lowest BCUT2D eigenvalue weighted by Crippen LogP contribution is -2.48. The average molecular weight is 389 g/mol. The summed E-state index contributed by atoms with van der Waals surface area (Å²) in [6.45, 7) is 2.69. The van der Waals surface area contributed by atoms with E-state index in [1.165, 1.54) is 6.07 Å². The quantitative estimate of drug-likeness (QED) is 0.647. The van der Waals surface area contributed by atoms with E-state index in [0.29, 0.717) is 40.6 Å². The van der Waals surface area contributed by atoms with Crippen molar-refractivity contribution in [2.45, 2.75) is 6.61 Å². The van der Waals surface area contributed by atoms with E-state index >= 15 is 0 Å². The molecule has 3 amide bonds. The number of urea groups is 1. The molecule has 8 heteroatoms. The second-order valence-electron chi connectivity index (χ2n) is 6.17. The van der Waals surface area contributed by atoms with Gasteiger partial charge in [0.05, 0.1) is 6.61 Å². The summed E-state index contributed by atoms with van der Waals surface area (Å²) in [6, 6.07) is 11.5. The molecule has 1 saturated heterocycles. The predicted molar refractivity (Wildman–Crippen MR) is 105 cm³/mol. The van der Waals surface area contributed by atoms with Crippen molar-refractivity contribution in [3.8, 4) is 0 Å². The fourth-order valence-electron chi connectivity index (χ4n) is 2.77. The Morgan fingerprint density at radius 2 is 1.78 bits per heavy atom. The number of nitrogens with one attached hydrogen (secondary N) is 3. The van der Waals surface area contributed by atoms with E-state index in [-0.39, 0.29) is 18.5 Å². The SMILES string of the molecule is O=C(Nc1cccc(NC(=O)N2CCNCC2)c1)c1ccc(CO)c(Cl)c1. The first-order valence-electron chi connectivity index (χ1n) is 8.64. The summed E-state index contributed by atoms with van der Waals surface area (Å²) in [4.78, 5) is 26.4. The van der Waals surface area contributed by atoms with Crippen molar-refractivity contribution < 1.29 is 14.7 Å². The van der Waals surface area contributed by atoms with Crippen molar-refractivity contribution in [2.75, 3.05) is 36.8 Å². The van der Waals surface area contributed by atoms with Gasteiger partial charge in [0.15, 0.2) is 0 Å². The number of amides is 3. The van der Waals surface area contributed by atoms with Crippen LogP contribution in [0.1, 0.15) is 15.9 Å². The third-order valence-corrected chi connectivity index (χ3v) is 4.61. The highest BCUT2D eigenvalue weighted by Gasteiger charge is 2.16. The summed E-state index contributed by atoms with van der Waals surface area (Å²) in [6.07, 6.45) is 0. The van der Waals surface area contributed by atoms with E-state index in [4.69, 9.17) is 16.7 Å². The van der Waals surface area contributed by atoms with Crippen LogP contribution in [0, 0.1) is 0 Å². The van der Waals surface area contributed by atoms with E-state index < -0.39 is 0 Å². The van der Waals surface area contributed by atoms with Gasteiger partial charge < -0.3 is 26.0 Å². The molecule has 1 aliphatic heterocycles. The Bertz CT molecular complexity index is 837. The van der Waals surface area contributed by atoms with E-state index in [0.717, 1.165) is 13.1 Å². The van der Waals surface area contributed by atoms with Crippen LogP contribution in [0.2, 0.25) is 5.02 Å². The number of anilines is 2. The molecule has 1 aliphatic rings. The van der Waals surface area contributed by atoms with Gasteiger partial charge in [-0.1, -0.05) is 23.7 Å². The topological polar surface area (TPSA) is 93.7 Å². The third kappa shape index (κ3) is 4.97. The molecule has 2 aromatic rings. The largest absolute Gasteiger partial charge is 0.392 e. The summed E-state index contributed by atoms with van der Waals surface area (Å²) in [7, 11) is 0. The lowest BCUT2D eigenvalue weighted by atomic mass is 10.1. The molecule has 27 heavy (non-hydrogen) atoms. The van der Waals surface area contributed by atoms with Crippen molar-refractivity contribution in [3.05, 3.63) is 58.6 Å². The van der Waals surface area contributed by atoms with Crippen molar-refractivity contribution >= 4 is 34.9 Å². The molecular formula is C19H21ClN4O3. The molecule has 1 fully saturated rings. The summed E-state index contributed by atoms with van der Waals surface area (Å²) in [5, 5.41) is 18.3. The van der Waals surface area contributed by atoms with Crippen LogP contribution in [-0.2, 0) is 6.61 Å². The highest BCUT2D eigenvalue weighted by atomic mass is 35.5. The molecule has 0 radical (unpaired) electrons. The van der Waals surface area contributed by atoms with Crippen molar-refractivity contribution in [1.82, 2.24) is 10.2 Å². The monoisotopic (exact) mass is 388 g/mol. The molecule has 0 atom stereocenters. The Balaban J connectivity index is 1.65. The molecule has 0 bridgehead atoms. The number of aliphatic hydroxyl groups is 1. The zero-order valence-corrected chi connectivity index (χ0v) is 15.4. The summed E-state index contributed by atoms with van der Waals surface area (Å²) in [5.74, 6) is -0.327. The predicted octanol–water partition coefficient (Wildman–Crippen LogP) is 2.52. The lowest BCUT2D eigenvalue weighted by Gasteiger charge is -2.27. The van der Waals surface area contributed by atoms with Crippen LogP contribution >= 0.6 is 11.6 Å². The van der Waals surface area contributed by atoms with Crippen molar-refractivity contribution in [1.29, 1.82) is 0 Å². The fourth-order valence-corrected chi connectivity index (χ4v) is 3.01. The Morgan fingerprint density at radius 1 is 1.07 bits per heavy atom. The summed E-state index contributed by atoms with van der Waals surface area (Å²) in [5.41, 5.74) is 2.10. The lowest BCUT2D eigenvalue weighted by molar-refractivity contribution is 0.102. The summed E-state index contributed by atoms with van der Waals surface area (Å²) < 4.78 is 0. The van der Waals surface area contributed by atoms with Gasteiger partial charge in [0.25, 0.3) is 5.91 Å². The molecule has 142 valence electrons. The number of halogens is 1. The number of nitrogens with zero attached hydrogens (tertiary/aromatic N) is 1. The smallest absolute Gasteiger partial charge is 0.321 e. The van der Waals surface area contributed by atoms with Crippen molar-refractivity contribution in [3.63, 3.8) is 0 Å². The van der Waals surface area contributed by atoms with Gasteiger partial charge in [-0.25, -0.2) is 4.79 Å². The normalized spacial score (nSPS) is 13.9. The number of hydrogen-bond donors (Lipinski definition) is 4. The molecule has 7 nitrogen and oxygen atoms in total. The first-order valence-corrected chi connectivity index (χ1v) is 9.02. The minimum atomic E-state index is -0.327. The first-order chi connectivity index (χ1) is 13.1. The molecule has 0 aromatic heterocycles. The van der Waals surface area contributed by atoms with Crippen LogP contribution in [0.25, 0.3) is 0 Å². The maximum absolute atomic E-state index is 12.4. The molecular weight excluding hydrogens is 368 g/mol. The number of carbonyl (C=O) groups is 2. The van der Waals surface area contributed by atoms with E-state index in [1.807, 2.05) is 0 Å². The van der Waals surface area contributed by atoms with Crippen LogP contribution in [0.5, 0.6) is 0 Å². The zero-order valence-electron chi connectivity index (χ0n) is 14.7. The van der Waals surface area contributed by atoms with Gasteiger partial charge in [0.2, 0.25) is 0 Å². The molecule has 0 spiro atoms. The highest BCUT2D eigenvalue weighted by molar-refractivity contribution is 6.31. The Hall–Kier alpha value is -2.61. The highest BCUT2D eigenvalue weighted by Crippen LogP contribution is 2.20. The van der Waals surface area contributed by atoms with Gasteiger partial charge in [0, 0.05) is 48.1 Å². The van der Waals surface area contributed by atoms with Crippen LogP contribution in [0.15, 0.2) is 42.5 Å². The molecule has 0 aliphatic carbocycles. The number of piperazine rings is 1. The molecule has 0 saturated carbocycles. The first kappa shape index (κ1) is 19.2. The maximum atomic E-state index is 12.4. The van der Waals surface area contributed by atoms with Crippen LogP contribution in [-0.4, -0.2) is 48.1 Å². The number of benzene rings is 2. The Kier molecular flexibility index (Phi) is 6.28. The zero-order chi connectivity index (χ0) is 19.2. The number of carbonyl (C=O) groups excluding carboxylic acids is 2. The van der Waals surface area contributed by atoms with Gasteiger partial charge in [-0.05, 0) is 35.9 Å². The molecule has 1 heterocycles. The van der Waals surface area contributed by atoms with Gasteiger partial charge in [0.1, 0.15) is 0 Å². The van der Waals surface area contributed by atoms with Gasteiger partial charge in [-0.2, -0.15) is 0 Å². The molecule has 3 rings (SSSR count). The fraction of sp³-hybridized carbons (Fsp3) is 0.263. The molecule has 0 unspecified atom stereocenters. The van der Waals surface area contributed by atoms with Crippen LogP contribution in [0.4, 0.5) is 16.2 Å². The number of hydrogen-bond acceptors (Lipinski definition) is 4. The van der Waals surface area contributed by atoms with Gasteiger partial charge >= 0.3 is 6.03 Å². The van der Waals surface area contributed by atoms with E-state index in [1.54, 1.807) is 41.3 Å². The standard InChI is InChI=1S/C19H21ClN4O3/c20-17-10-13(4-5-14(17)12-25)18(26)22-15-2-1-3-16(11-15)23-19(27)24-8-6-21-7-9-24/h1-5,10-11,21,25H,6-9,12H2,(H,22,26)(H,23,27). The third-order valence-electron chi connectivity index (χ3n) is 4.26. The Morgan fingerprint density at radius 3 is 2.44 bits per heavy atom. The second kappa shape index (κ2) is 8.85. The van der Waals surface area contributed by atoms with E-state index in [9.17, 15) is 9.59 Å². The number of rotatable bonds is 4. The van der Waals surface area contributed by atoms with Crippen LogP contribution in [0.3, 0.4) is 0 Å². The Labute approximate surface area is 162 Å². The van der Waals surface area contributed by atoms with Crippen molar-refractivity contribution in [2.24, 2.45) is 0 Å². The van der Waals surface area contributed by atoms with E-state index in [2.05, 4.69) is 16.0 Å². The minimum absolute atomic E-state index is 0.161. The second-order valence-corrected chi connectivity index (χ2v) is 6.57. The van der Waals surface area contributed by atoms with Gasteiger partial charge in [-0.3, -0.25) is 4.79 Å². The molecule has 2 aromatic carbocycles. The maximum Gasteiger partial charge on any atom is 0.321 e. The van der Waals surface area contributed by atoms with Gasteiger partial charge in [-0.15, -0.1) is 0 Å². The number of aliphatic hydroxyl groups excluding tert-OH is 1. The average Bonchev–Trinajstić information content (AvgIpc) is 2.68. The molecule has 4 N–H and O–H groups in total. The van der Waals surface area contributed by atoms with Crippen LogP contribution < -0.4 is 16.0 Å². The summed E-state index contributed by atoms with van der Waals surface area (Å²) >= 11 is 6.04. The minimum Gasteiger partial charge on any atom is -0.392 e.